The van der Waals surface area contributed by atoms with Crippen molar-refractivity contribution < 1.29 is 10.2 Å². The molecule has 7 N–H and O–H groups in total. The lowest BCUT2D eigenvalue weighted by atomic mass is 10.2. The van der Waals surface area contributed by atoms with Crippen LogP contribution in [0.4, 0.5) is 35.0 Å². The molecule has 0 aliphatic carbocycles. The molecule has 0 bridgehead atoms. The maximum Gasteiger partial charge on any atom is 0.245 e. The number of imidazole rings is 3. The normalized spacial score (nSPS) is 14.5. The van der Waals surface area contributed by atoms with Gasteiger partial charge in [-0.1, -0.05) is 46.4 Å². The highest BCUT2D eigenvalue weighted by Gasteiger charge is 2.27. The van der Waals surface area contributed by atoms with Gasteiger partial charge in [-0.15, -0.1) is 15.3 Å². The van der Waals surface area contributed by atoms with E-state index in [4.69, 9.17) is 85.4 Å². The zero-order chi connectivity index (χ0) is 57.8. The molecule has 9 aromatic heterocycles. The van der Waals surface area contributed by atoms with Gasteiger partial charge >= 0.3 is 0 Å². The third-order valence-electron chi connectivity index (χ3n) is 12.9. The van der Waals surface area contributed by atoms with Crippen LogP contribution in [0.5, 0.6) is 0 Å². The average molecular weight is 1240 g/mol. The first-order valence-electron chi connectivity index (χ1n) is 25.8. The van der Waals surface area contributed by atoms with Crippen molar-refractivity contribution in [3.8, 4) is 17.1 Å². The fraction of sp³-hybridized carbons (Fsp3) is 0.182. The molecule has 28 heteroatoms. The Morgan fingerprint density at radius 3 is 1.49 bits per heavy atom. The number of nitrogens with two attached hydrogens (primary N) is 1. The Morgan fingerprint density at radius 1 is 0.530 bits per heavy atom. The molecule has 0 unspecified atom stereocenters. The quantitative estimate of drug-likeness (QED) is 0.0745. The van der Waals surface area contributed by atoms with E-state index in [0.29, 0.717) is 62.9 Å². The number of halogens is 6. The standard InChI is InChI=1S/C20H20ClN7O.C15H10Cl2N6.C9H8ClN3.C6H3Cl2N3.C5H11NO/c21-14-5-7-15(8-6-14)26-11-18(22-13-26)23-19-17-4-2-10-28(17)25-20(24-19)27-9-1-3-16(27)12-29;16-10-3-5-11(6-4-10)22-8-13(18-9-22)19-14-12-2-1-7-23(12)21-15(17)20-14;10-7-1-3-8(4-2-7)13-5-9(11)12-6-13;7-5-4-2-1-3-11(4)10-6(8)9-5;7-4-5-2-1-3-6-5/h2,4-8,10-11,13,16,29H,1,3,9,12H2,(H,23,24,25);1-9H,(H,19,20,21);1-6H,11H2;1-3H;5-7H,1-4H2/t16-;;;;5-/m0...0/s1. The molecule has 14 rings (SSSR count). The highest BCUT2D eigenvalue weighted by Crippen LogP contribution is 2.28. The van der Waals surface area contributed by atoms with Crippen LogP contribution in [0.25, 0.3) is 33.6 Å². The molecule has 2 aliphatic heterocycles. The van der Waals surface area contributed by atoms with Gasteiger partial charge in [0.25, 0.3) is 0 Å². The third kappa shape index (κ3) is 15.0. The Bertz CT molecular complexity index is 4030. The van der Waals surface area contributed by atoms with Crippen molar-refractivity contribution in [1.29, 1.82) is 0 Å². The Kier molecular flexibility index (Phi) is 19.2. The summed E-state index contributed by atoms with van der Waals surface area (Å²) >= 11 is 34.9. The molecule has 2 aliphatic rings. The van der Waals surface area contributed by atoms with Crippen molar-refractivity contribution in [2.24, 2.45) is 0 Å². The molecule has 0 amide bonds. The van der Waals surface area contributed by atoms with Crippen LogP contribution in [-0.4, -0.2) is 121 Å². The molecule has 83 heavy (non-hydrogen) atoms. The number of rotatable bonds is 10. The van der Waals surface area contributed by atoms with E-state index < -0.39 is 0 Å². The Labute approximate surface area is 504 Å². The molecule has 0 radical (unpaired) electrons. The lowest BCUT2D eigenvalue weighted by molar-refractivity contribution is 0.255. The number of hydrogen-bond acceptors (Lipinski definition) is 16. The summed E-state index contributed by atoms with van der Waals surface area (Å²) in [5, 5.41) is 43.2. The minimum absolute atomic E-state index is 0.0555. The second-order valence-electron chi connectivity index (χ2n) is 18.5. The van der Waals surface area contributed by atoms with Gasteiger partial charge in [0, 0.05) is 63.3 Å². The molecule has 11 heterocycles. The van der Waals surface area contributed by atoms with Crippen molar-refractivity contribution >= 4 is 121 Å². The number of hydrogen-bond donors (Lipinski definition) is 6. The third-order valence-corrected chi connectivity index (χ3v) is 14.3. The predicted molar refractivity (Wildman–Crippen MR) is 326 cm³/mol. The van der Waals surface area contributed by atoms with Crippen molar-refractivity contribution in [3.05, 3.63) is 196 Å². The van der Waals surface area contributed by atoms with E-state index in [1.54, 1.807) is 51.1 Å². The summed E-state index contributed by atoms with van der Waals surface area (Å²) < 4.78 is 10.7. The zero-order valence-electron chi connectivity index (χ0n) is 43.8. The number of aromatic nitrogens is 15. The smallest absolute Gasteiger partial charge is 0.245 e. The lowest BCUT2D eigenvalue weighted by Gasteiger charge is -2.23. The highest BCUT2D eigenvalue weighted by molar-refractivity contribution is 6.34. The Morgan fingerprint density at radius 2 is 1.01 bits per heavy atom. The molecule has 0 spiro atoms. The Balaban J connectivity index is 0.000000126. The number of aliphatic hydroxyl groups is 2. The molecule has 12 aromatic rings. The second-order valence-corrected chi connectivity index (χ2v) is 20.9. The van der Waals surface area contributed by atoms with Gasteiger partial charge in [0.15, 0.2) is 16.8 Å². The summed E-state index contributed by atoms with van der Waals surface area (Å²) in [6, 6.07) is 34.3. The SMILES string of the molecule is Clc1ccc(-n2cnc(Nc3nc(Cl)nn4cccc34)c2)cc1.Clc1nc(Cl)c2cccn2n1.Nc1cn(-c2ccc(Cl)cc2)cn1.OC[C@@H]1CCCN1.OC[C@@H]1CCCN1c1nc(Nc2cn(-c3ccc(Cl)cc3)cn2)c2cccn2n1. The van der Waals surface area contributed by atoms with Crippen LogP contribution in [0.3, 0.4) is 0 Å². The van der Waals surface area contributed by atoms with Crippen molar-refractivity contribution in [2.45, 2.75) is 37.8 Å². The summed E-state index contributed by atoms with van der Waals surface area (Å²) in [4.78, 5) is 27.5. The molecular weight excluding hydrogens is 1190 g/mol. The molecule has 0 saturated carbocycles. The van der Waals surface area contributed by atoms with Gasteiger partial charge in [-0.3, -0.25) is 0 Å². The van der Waals surface area contributed by atoms with Crippen molar-refractivity contribution in [1.82, 2.24) is 77.8 Å². The van der Waals surface area contributed by atoms with E-state index in [9.17, 15) is 5.11 Å². The maximum absolute atomic E-state index is 9.66. The number of anilines is 6. The van der Waals surface area contributed by atoms with Gasteiger partial charge in [0.2, 0.25) is 16.5 Å². The highest BCUT2D eigenvalue weighted by atomic mass is 35.5. The van der Waals surface area contributed by atoms with Gasteiger partial charge in [0.05, 0.1) is 37.8 Å². The number of benzene rings is 3. The van der Waals surface area contributed by atoms with Gasteiger partial charge in [-0.25, -0.2) is 33.5 Å². The number of fused-ring (bicyclic) bond motifs is 3. The first kappa shape index (κ1) is 58.2. The van der Waals surface area contributed by atoms with Gasteiger partial charge in [-0.2, -0.15) is 9.97 Å². The van der Waals surface area contributed by atoms with Gasteiger partial charge in [0.1, 0.15) is 53.0 Å². The summed E-state index contributed by atoms with van der Waals surface area (Å²) in [5.74, 6) is 3.70. The lowest BCUT2D eigenvalue weighted by Crippen LogP contribution is -2.34. The van der Waals surface area contributed by atoms with Gasteiger partial charge in [-0.05, 0) is 165 Å². The largest absolute Gasteiger partial charge is 0.395 e. The average Bonchev–Trinajstić information content (AvgIpc) is 4.54. The van der Waals surface area contributed by atoms with Crippen molar-refractivity contribution in [3.63, 3.8) is 0 Å². The Hall–Kier alpha value is -8.03. The number of nitrogen functional groups attached to an aromatic ring is 1. The van der Waals surface area contributed by atoms with Crippen molar-refractivity contribution in [2.75, 3.05) is 47.6 Å². The summed E-state index contributed by atoms with van der Waals surface area (Å²) in [5.41, 5.74) is 10.8. The molecule has 2 atom stereocenters. The molecular formula is C55H52Cl6N20O2. The van der Waals surface area contributed by atoms with Crippen LogP contribution in [0.1, 0.15) is 25.7 Å². The van der Waals surface area contributed by atoms with Crippen LogP contribution < -0.4 is 26.6 Å². The van der Waals surface area contributed by atoms with E-state index >= 15 is 0 Å². The fourth-order valence-electron chi connectivity index (χ4n) is 8.83. The molecule has 2 saturated heterocycles. The first-order chi connectivity index (χ1) is 40.4. The van der Waals surface area contributed by atoms with Crippen LogP contribution in [0.15, 0.2) is 165 Å². The summed E-state index contributed by atoms with van der Waals surface area (Å²) in [6.45, 7) is 2.33. The van der Waals surface area contributed by atoms with Crippen LogP contribution in [0.2, 0.25) is 30.8 Å². The summed E-state index contributed by atoms with van der Waals surface area (Å²) in [6.07, 6.45) is 20.4. The minimum Gasteiger partial charge on any atom is -0.395 e. The molecule has 3 aromatic carbocycles. The maximum atomic E-state index is 9.66. The topological polar surface area (TPSA) is 250 Å². The first-order valence-corrected chi connectivity index (χ1v) is 28.1. The van der Waals surface area contributed by atoms with E-state index in [1.807, 2.05) is 141 Å². The number of nitrogens with zero attached hydrogens (tertiary/aromatic N) is 16. The minimum atomic E-state index is 0.0555. The summed E-state index contributed by atoms with van der Waals surface area (Å²) in [7, 11) is 0. The molecule has 2 fully saturated rings. The van der Waals surface area contributed by atoms with E-state index in [2.05, 4.69) is 61.1 Å². The monoisotopic (exact) mass is 1230 g/mol. The fourth-order valence-corrected chi connectivity index (χ4v) is 9.81. The van der Waals surface area contributed by atoms with E-state index in [1.165, 1.54) is 6.42 Å². The van der Waals surface area contributed by atoms with E-state index in [-0.39, 0.29) is 23.2 Å². The second kappa shape index (κ2) is 27.4. The predicted octanol–water partition coefficient (Wildman–Crippen LogP) is 11.1. The number of nitrogens with one attached hydrogen (secondary N) is 3. The molecule has 22 nitrogen and oxygen atoms in total. The van der Waals surface area contributed by atoms with Gasteiger partial charge < -0.3 is 50.5 Å². The van der Waals surface area contributed by atoms with E-state index in [0.717, 1.165) is 71.0 Å². The van der Waals surface area contributed by atoms with Crippen LogP contribution in [-0.2, 0) is 0 Å². The van der Waals surface area contributed by atoms with Crippen LogP contribution >= 0.6 is 69.6 Å². The molecule has 426 valence electrons. The van der Waals surface area contributed by atoms with Crippen LogP contribution in [0, 0.1) is 0 Å². The number of aliphatic hydroxyl groups excluding tert-OH is 2. The zero-order valence-corrected chi connectivity index (χ0v) is 48.3.